The molecule has 0 saturated heterocycles. The van der Waals surface area contributed by atoms with Gasteiger partial charge in [0.05, 0.1) is 18.2 Å². The zero-order valence-electron chi connectivity index (χ0n) is 12.2. The number of nitrogens with two attached hydrogens (primary N) is 1. The van der Waals surface area contributed by atoms with Crippen molar-refractivity contribution in [1.29, 1.82) is 0 Å². The van der Waals surface area contributed by atoms with E-state index in [0.29, 0.717) is 13.1 Å². The highest BCUT2D eigenvalue weighted by Crippen LogP contribution is 2.48. The molecule has 0 unspecified atom stereocenters. The molecular formula is C16H20N4O. The maximum atomic E-state index is 12.4. The minimum absolute atomic E-state index is 0.108. The lowest BCUT2D eigenvalue weighted by atomic mass is 9.95. The van der Waals surface area contributed by atoms with E-state index in [4.69, 9.17) is 5.73 Å². The van der Waals surface area contributed by atoms with Gasteiger partial charge in [-0.25, -0.2) is 0 Å². The summed E-state index contributed by atoms with van der Waals surface area (Å²) in [5.41, 5.74) is 8.28. The number of carbonyl (C=O) groups is 1. The average molecular weight is 284 g/mol. The van der Waals surface area contributed by atoms with Crippen LogP contribution in [0.1, 0.15) is 24.0 Å². The minimum atomic E-state index is -0.340. The third-order valence-corrected chi connectivity index (χ3v) is 4.04. The lowest BCUT2D eigenvalue weighted by Crippen LogP contribution is -2.36. The van der Waals surface area contributed by atoms with E-state index >= 15 is 0 Å². The lowest BCUT2D eigenvalue weighted by Gasteiger charge is -2.16. The summed E-state index contributed by atoms with van der Waals surface area (Å²) in [4.78, 5) is 12.4. The predicted octanol–water partition coefficient (Wildman–Crippen LogP) is 1.62. The van der Waals surface area contributed by atoms with Crippen molar-refractivity contribution >= 4 is 11.6 Å². The van der Waals surface area contributed by atoms with E-state index in [1.54, 1.807) is 0 Å². The zero-order chi connectivity index (χ0) is 14.9. The van der Waals surface area contributed by atoms with E-state index in [1.807, 2.05) is 48.3 Å². The van der Waals surface area contributed by atoms with E-state index in [9.17, 15) is 4.79 Å². The molecule has 0 spiro atoms. The topological polar surface area (TPSA) is 72.9 Å². The van der Waals surface area contributed by atoms with Crippen LogP contribution >= 0.6 is 0 Å². The van der Waals surface area contributed by atoms with Crippen LogP contribution in [0.4, 0.5) is 5.69 Å². The number of aryl methyl sites for hydroxylation is 1. The van der Waals surface area contributed by atoms with Crippen molar-refractivity contribution in [3.63, 3.8) is 0 Å². The molecular weight excluding hydrogens is 264 g/mol. The van der Waals surface area contributed by atoms with E-state index in [2.05, 4.69) is 10.4 Å². The summed E-state index contributed by atoms with van der Waals surface area (Å²) in [5.74, 6) is 0.108. The summed E-state index contributed by atoms with van der Waals surface area (Å²) in [6.07, 6.45) is 5.60. The minimum Gasteiger partial charge on any atom is -0.399 e. The van der Waals surface area contributed by atoms with Crippen LogP contribution in [0.15, 0.2) is 36.7 Å². The van der Waals surface area contributed by atoms with Crippen LogP contribution in [0, 0.1) is 6.92 Å². The molecule has 3 N–H and O–H groups in total. The van der Waals surface area contributed by atoms with Crippen LogP contribution in [-0.4, -0.2) is 22.2 Å². The first-order chi connectivity index (χ1) is 10.1. The maximum Gasteiger partial charge on any atom is 0.230 e. The van der Waals surface area contributed by atoms with Gasteiger partial charge in [0, 0.05) is 18.4 Å². The second kappa shape index (κ2) is 5.24. The number of anilines is 1. The fourth-order valence-corrected chi connectivity index (χ4v) is 2.62. The number of carbonyl (C=O) groups excluding carboxylic acids is 1. The van der Waals surface area contributed by atoms with Crippen molar-refractivity contribution in [2.75, 3.05) is 12.3 Å². The van der Waals surface area contributed by atoms with E-state index in [1.165, 1.54) is 0 Å². The second-order valence-electron chi connectivity index (χ2n) is 5.74. The standard InChI is InChI=1S/C16H20N4O/c1-12-10-19-20(11-12)9-8-18-15(21)16(6-7-16)13-2-4-14(17)5-3-13/h2-5,10-11H,6-9,17H2,1H3,(H,18,21). The molecule has 110 valence electrons. The molecule has 1 aromatic heterocycles. The molecule has 5 heteroatoms. The van der Waals surface area contributed by atoms with Gasteiger partial charge in [-0.15, -0.1) is 0 Å². The Labute approximate surface area is 124 Å². The van der Waals surface area contributed by atoms with E-state index in [-0.39, 0.29) is 11.3 Å². The summed E-state index contributed by atoms with van der Waals surface area (Å²) in [5, 5.41) is 7.24. The SMILES string of the molecule is Cc1cnn(CCNC(=O)C2(c3ccc(N)cc3)CC2)c1. The van der Waals surface area contributed by atoms with Crippen molar-refractivity contribution in [2.45, 2.75) is 31.7 Å². The number of benzene rings is 1. The third kappa shape index (κ3) is 2.77. The molecule has 0 atom stereocenters. The van der Waals surface area contributed by atoms with Gasteiger partial charge in [0.25, 0.3) is 0 Å². The van der Waals surface area contributed by atoms with E-state index < -0.39 is 0 Å². The van der Waals surface area contributed by atoms with Gasteiger partial charge in [0.1, 0.15) is 0 Å². The molecule has 1 heterocycles. The molecule has 1 aliphatic carbocycles. The van der Waals surface area contributed by atoms with Crippen LogP contribution in [0.2, 0.25) is 0 Å². The molecule has 1 aliphatic rings. The Morgan fingerprint density at radius 3 is 2.67 bits per heavy atom. The Bertz CT molecular complexity index is 641. The fourth-order valence-electron chi connectivity index (χ4n) is 2.62. The fraction of sp³-hybridized carbons (Fsp3) is 0.375. The first-order valence-electron chi connectivity index (χ1n) is 7.23. The van der Waals surface area contributed by atoms with Gasteiger partial charge in [-0.1, -0.05) is 12.1 Å². The second-order valence-corrected chi connectivity index (χ2v) is 5.74. The molecule has 0 bridgehead atoms. The number of rotatable bonds is 5. The highest BCUT2D eigenvalue weighted by atomic mass is 16.2. The largest absolute Gasteiger partial charge is 0.399 e. The van der Waals surface area contributed by atoms with Gasteiger partial charge in [0.2, 0.25) is 5.91 Å². The number of nitrogen functional groups attached to an aromatic ring is 1. The van der Waals surface area contributed by atoms with Crippen molar-refractivity contribution < 1.29 is 4.79 Å². The Balaban J connectivity index is 1.59. The van der Waals surface area contributed by atoms with Gasteiger partial charge in [0.15, 0.2) is 0 Å². The molecule has 1 fully saturated rings. The van der Waals surface area contributed by atoms with Crippen molar-refractivity contribution in [3.8, 4) is 0 Å². The average Bonchev–Trinajstić information content (AvgIpc) is 3.18. The smallest absolute Gasteiger partial charge is 0.230 e. The Kier molecular flexibility index (Phi) is 3.41. The van der Waals surface area contributed by atoms with Crippen molar-refractivity contribution in [3.05, 3.63) is 47.8 Å². The third-order valence-electron chi connectivity index (χ3n) is 4.04. The molecule has 21 heavy (non-hydrogen) atoms. The molecule has 0 radical (unpaired) electrons. The van der Waals surface area contributed by atoms with Crippen LogP contribution in [-0.2, 0) is 16.8 Å². The lowest BCUT2D eigenvalue weighted by molar-refractivity contribution is -0.123. The maximum absolute atomic E-state index is 12.4. The van der Waals surface area contributed by atoms with Crippen LogP contribution in [0.25, 0.3) is 0 Å². The van der Waals surface area contributed by atoms with Gasteiger partial charge in [-0.05, 0) is 43.0 Å². The van der Waals surface area contributed by atoms with Gasteiger partial charge in [-0.3, -0.25) is 9.48 Å². The summed E-state index contributed by atoms with van der Waals surface area (Å²) in [6, 6.07) is 7.63. The Morgan fingerprint density at radius 1 is 1.38 bits per heavy atom. The molecule has 1 amide bonds. The van der Waals surface area contributed by atoms with Crippen molar-refractivity contribution in [1.82, 2.24) is 15.1 Å². The Morgan fingerprint density at radius 2 is 2.10 bits per heavy atom. The normalized spacial score (nSPS) is 15.7. The van der Waals surface area contributed by atoms with Crippen LogP contribution in [0.5, 0.6) is 0 Å². The molecule has 5 nitrogen and oxygen atoms in total. The number of amides is 1. The van der Waals surface area contributed by atoms with Crippen LogP contribution in [0.3, 0.4) is 0 Å². The molecule has 1 saturated carbocycles. The first-order valence-corrected chi connectivity index (χ1v) is 7.23. The van der Waals surface area contributed by atoms with Gasteiger partial charge in [-0.2, -0.15) is 5.10 Å². The van der Waals surface area contributed by atoms with Crippen LogP contribution < -0.4 is 11.1 Å². The summed E-state index contributed by atoms with van der Waals surface area (Å²) < 4.78 is 1.85. The zero-order valence-corrected chi connectivity index (χ0v) is 12.2. The molecule has 0 aliphatic heterocycles. The van der Waals surface area contributed by atoms with Crippen molar-refractivity contribution in [2.24, 2.45) is 0 Å². The van der Waals surface area contributed by atoms with E-state index in [0.717, 1.165) is 29.7 Å². The van der Waals surface area contributed by atoms with Gasteiger partial charge < -0.3 is 11.1 Å². The molecule has 1 aromatic carbocycles. The Hall–Kier alpha value is -2.30. The highest BCUT2D eigenvalue weighted by molar-refractivity contribution is 5.91. The number of aromatic nitrogens is 2. The monoisotopic (exact) mass is 284 g/mol. The first kappa shape index (κ1) is 13.7. The summed E-state index contributed by atoms with van der Waals surface area (Å²) in [7, 11) is 0. The number of hydrogen-bond acceptors (Lipinski definition) is 3. The highest BCUT2D eigenvalue weighted by Gasteiger charge is 2.50. The summed E-state index contributed by atoms with van der Waals surface area (Å²) >= 11 is 0. The quantitative estimate of drug-likeness (QED) is 0.819. The predicted molar refractivity (Wildman–Crippen MR) is 81.7 cm³/mol. The summed E-state index contributed by atoms with van der Waals surface area (Å²) in [6.45, 7) is 3.29. The number of nitrogens with one attached hydrogen (secondary N) is 1. The molecule has 3 rings (SSSR count). The van der Waals surface area contributed by atoms with Gasteiger partial charge >= 0.3 is 0 Å². The number of nitrogens with zero attached hydrogens (tertiary/aromatic N) is 2. The number of hydrogen-bond donors (Lipinski definition) is 2. The molecule has 2 aromatic rings.